The van der Waals surface area contributed by atoms with Crippen molar-refractivity contribution in [3.63, 3.8) is 0 Å². The molecule has 2 rings (SSSR count). The Balaban J connectivity index is 2.81. The number of rotatable bonds is 6. The van der Waals surface area contributed by atoms with Crippen LogP contribution in [0.2, 0.25) is 0 Å². The molecule has 1 aliphatic rings. The van der Waals surface area contributed by atoms with Crippen LogP contribution in [0.1, 0.15) is 56.3 Å². The molecule has 190 valence electrons. The van der Waals surface area contributed by atoms with Crippen LogP contribution in [-0.2, 0) is 42.9 Å². The van der Waals surface area contributed by atoms with Crippen LogP contribution in [0.3, 0.4) is 0 Å². The number of nitrogens with zero attached hydrogens (tertiary/aromatic N) is 2. The molecule has 1 aromatic heterocycles. The standard InChI is InChI=1S/C23H28N2O9S/c1-10-11(2)17(8-24)23(35)25(12(10)3)22-21(33-16(7)29)20(32-15(6)28)19(31-14(5)27)18(34-22)9-30-13(4)26/h18-22H,9H2,1-7H3/t18-,19-,20-,21-,22-/m1/s1. The van der Waals surface area contributed by atoms with E-state index >= 15 is 0 Å². The SMILES string of the molecule is CC(=O)OC[C@H]1O[C@@H](n2c(C)c(C)c(C)c(C#N)c2=S)[C@H](OC(C)=O)[C@H](OC(C)=O)[C@@H]1OC(C)=O. The van der Waals surface area contributed by atoms with E-state index in [-0.39, 0.29) is 16.8 Å². The zero-order chi connectivity index (χ0) is 26.6. The van der Waals surface area contributed by atoms with Crippen LogP contribution >= 0.6 is 12.2 Å². The van der Waals surface area contributed by atoms with E-state index in [1.165, 1.54) is 11.5 Å². The molecule has 0 spiro atoms. The van der Waals surface area contributed by atoms with Crippen LogP contribution in [0, 0.1) is 36.7 Å². The lowest BCUT2D eigenvalue weighted by atomic mass is 9.96. The van der Waals surface area contributed by atoms with Crippen molar-refractivity contribution in [2.75, 3.05) is 6.61 Å². The Labute approximate surface area is 207 Å². The molecule has 0 saturated carbocycles. The second-order valence-corrected chi connectivity index (χ2v) is 8.47. The minimum absolute atomic E-state index is 0.106. The lowest BCUT2D eigenvalue weighted by molar-refractivity contribution is -0.269. The number of hydrogen-bond donors (Lipinski definition) is 0. The smallest absolute Gasteiger partial charge is 0.303 e. The van der Waals surface area contributed by atoms with Gasteiger partial charge in [0, 0.05) is 33.4 Å². The maximum Gasteiger partial charge on any atom is 0.303 e. The Morgan fingerprint density at radius 3 is 1.89 bits per heavy atom. The first-order valence-corrected chi connectivity index (χ1v) is 11.1. The van der Waals surface area contributed by atoms with Gasteiger partial charge >= 0.3 is 23.9 Å². The highest BCUT2D eigenvalue weighted by Gasteiger charge is 2.53. The lowest BCUT2D eigenvalue weighted by Crippen LogP contribution is -2.60. The first-order chi connectivity index (χ1) is 16.3. The van der Waals surface area contributed by atoms with E-state index in [9.17, 15) is 24.4 Å². The third-order valence-corrected chi connectivity index (χ3v) is 6.01. The lowest BCUT2D eigenvalue weighted by Gasteiger charge is -2.45. The second kappa shape index (κ2) is 11.4. The van der Waals surface area contributed by atoms with Gasteiger partial charge in [0.05, 0.1) is 5.56 Å². The predicted octanol–water partition coefficient (Wildman–Crippen LogP) is 2.27. The van der Waals surface area contributed by atoms with Crippen LogP contribution in [0.4, 0.5) is 0 Å². The number of ether oxygens (including phenoxy) is 5. The highest BCUT2D eigenvalue weighted by molar-refractivity contribution is 7.71. The van der Waals surface area contributed by atoms with Crippen molar-refractivity contribution in [1.29, 1.82) is 5.26 Å². The van der Waals surface area contributed by atoms with Gasteiger partial charge in [-0.1, -0.05) is 12.2 Å². The molecule has 1 fully saturated rings. The van der Waals surface area contributed by atoms with Crippen LogP contribution in [0.5, 0.6) is 0 Å². The molecular weight excluding hydrogens is 480 g/mol. The Morgan fingerprint density at radius 2 is 1.40 bits per heavy atom. The van der Waals surface area contributed by atoms with Crippen molar-refractivity contribution < 1.29 is 42.9 Å². The van der Waals surface area contributed by atoms with Crippen molar-refractivity contribution in [2.24, 2.45) is 0 Å². The van der Waals surface area contributed by atoms with Gasteiger partial charge < -0.3 is 28.3 Å². The van der Waals surface area contributed by atoms with Crippen LogP contribution in [-0.4, -0.2) is 59.5 Å². The van der Waals surface area contributed by atoms with E-state index in [4.69, 9.17) is 35.9 Å². The number of aromatic nitrogens is 1. The van der Waals surface area contributed by atoms with Crippen LogP contribution < -0.4 is 0 Å². The summed E-state index contributed by atoms with van der Waals surface area (Å²) in [5.41, 5.74) is 2.24. The Bertz CT molecular complexity index is 1140. The van der Waals surface area contributed by atoms with Crippen LogP contribution in [0.25, 0.3) is 0 Å². The summed E-state index contributed by atoms with van der Waals surface area (Å²) in [7, 11) is 0. The zero-order valence-corrected chi connectivity index (χ0v) is 21.4. The van der Waals surface area contributed by atoms with E-state index in [0.29, 0.717) is 11.3 Å². The van der Waals surface area contributed by atoms with Crippen molar-refractivity contribution in [2.45, 2.75) is 79.1 Å². The summed E-state index contributed by atoms with van der Waals surface area (Å²) < 4.78 is 29.3. The van der Waals surface area contributed by atoms with Gasteiger partial charge in [-0.2, -0.15) is 5.26 Å². The number of carbonyl (C=O) groups is 4. The average molecular weight is 509 g/mol. The topological polar surface area (TPSA) is 143 Å². The first kappa shape index (κ1) is 27.9. The van der Waals surface area contributed by atoms with Gasteiger partial charge in [-0.05, 0) is 31.9 Å². The molecule has 1 saturated heterocycles. The van der Waals surface area contributed by atoms with Gasteiger partial charge in [0.15, 0.2) is 24.5 Å². The molecule has 0 aromatic carbocycles. The average Bonchev–Trinajstić information content (AvgIpc) is 2.74. The number of carbonyl (C=O) groups excluding carboxylic acids is 4. The predicted molar refractivity (Wildman–Crippen MR) is 121 cm³/mol. The van der Waals surface area contributed by atoms with Crippen molar-refractivity contribution in [1.82, 2.24) is 4.57 Å². The van der Waals surface area contributed by atoms with Crippen molar-refractivity contribution in [3.8, 4) is 6.07 Å². The number of esters is 4. The Morgan fingerprint density at radius 1 is 0.886 bits per heavy atom. The fourth-order valence-electron chi connectivity index (χ4n) is 3.92. The normalized spacial score (nSPS) is 23.5. The van der Waals surface area contributed by atoms with E-state index in [1.54, 1.807) is 20.8 Å². The molecule has 0 N–H and O–H groups in total. The minimum atomic E-state index is -1.34. The van der Waals surface area contributed by atoms with Gasteiger partial charge in [-0.25, -0.2) is 0 Å². The Hall–Kier alpha value is -3.30. The number of hydrogen-bond acceptors (Lipinski definition) is 11. The molecule has 1 aromatic rings. The second-order valence-electron chi connectivity index (χ2n) is 8.09. The van der Waals surface area contributed by atoms with Gasteiger partial charge in [-0.15, -0.1) is 0 Å². The monoisotopic (exact) mass is 508 g/mol. The van der Waals surface area contributed by atoms with Gasteiger partial charge in [0.25, 0.3) is 0 Å². The minimum Gasteiger partial charge on any atom is -0.463 e. The van der Waals surface area contributed by atoms with Gasteiger partial charge in [0.2, 0.25) is 0 Å². The molecule has 35 heavy (non-hydrogen) atoms. The quantitative estimate of drug-likeness (QED) is 0.317. The first-order valence-electron chi connectivity index (χ1n) is 10.7. The number of nitriles is 1. The summed E-state index contributed by atoms with van der Waals surface area (Å²) in [4.78, 5) is 47.5. The zero-order valence-electron chi connectivity index (χ0n) is 20.6. The summed E-state index contributed by atoms with van der Waals surface area (Å²) >= 11 is 5.59. The summed E-state index contributed by atoms with van der Waals surface area (Å²) in [5, 5.41) is 9.72. The Kier molecular flexibility index (Phi) is 9.12. The molecule has 12 heteroatoms. The van der Waals surface area contributed by atoms with E-state index in [1.807, 2.05) is 0 Å². The molecule has 0 unspecified atom stereocenters. The van der Waals surface area contributed by atoms with E-state index < -0.39 is 54.5 Å². The molecule has 1 aliphatic heterocycles. The fourth-order valence-corrected chi connectivity index (χ4v) is 4.36. The van der Waals surface area contributed by atoms with Gasteiger partial charge in [0.1, 0.15) is 23.4 Å². The fraction of sp³-hybridized carbons (Fsp3) is 0.565. The highest BCUT2D eigenvalue weighted by atomic mass is 32.1. The maximum absolute atomic E-state index is 12.1. The van der Waals surface area contributed by atoms with E-state index in [2.05, 4.69) is 6.07 Å². The van der Waals surface area contributed by atoms with Gasteiger partial charge in [-0.3, -0.25) is 19.2 Å². The molecule has 0 bridgehead atoms. The summed E-state index contributed by atoms with van der Waals surface area (Å²) in [6.45, 7) is 9.56. The molecule has 5 atom stereocenters. The van der Waals surface area contributed by atoms with Crippen LogP contribution in [0.15, 0.2) is 0 Å². The largest absolute Gasteiger partial charge is 0.463 e. The molecule has 0 aliphatic carbocycles. The molecule has 0 radical (unpaired) electrons. The summed E-state index contributed by atoms with van der Waals surface area (Å²) in [6, 6.07) is 2.08. The van der Waals surface area contributed by atoms with Crippen molar-refractivity contribution in [3.05, 3.63) is 27.0 Å². The third kappa shape index (κ3) is 6.23. The highest BCUT2D eigenvalue weighted by Crippen LogP contribution is 2.37. The molecular formula is C23H28N2O9S. The summed E-state index contributed by atoms with van der Waals surface area (Å²) in [6.07, 6.45) is -6.29. The maximum atomic E-state index is 12.1. The number of pyridine rings is 1. The summed E-state index contributed by atoms with van der Waals surface area (Å²) in [5.74, 6) is -2.82. The van der Waals surface area contributed by atoms with Crippen molar-refractivity contribution >= 4 is 36.1 Å². The molecule has 0 amide bonds. The molecule has 2 heterocycles. The third-order valence-electron chi connectivity index (χ3n) is 5.61. The molecule has 11 nitrogen and oxygen atoms in total. The van der Waals surface area contributed by atoms with E-state index in [0.717, 1.165) is 26.3 Å².